The number of hydrogen-bond donors (Lipinski definition) is 3. The molecule has 0 aliphatic carbocycles. The third-order valence-electron chi connectivity index (χ3n) is 14.2. The number of allylic oxidation sites excluding steroid dienone is 6. The van der Waals surface area contributed by atoms with Gasteiger partial charge in [0, 0.05) is 12.8 Å². The highest BCUT2D eigenvalue weighted by atomic mass is 16.5. The van der Waals surface area contributed by atoms with Gasteiger partial charge in [0.25, 0.3) is 0 Å². The van der Waals surface area contributed by atoms with Crippen molar-refractivity contribution in [2.75, 3.05) is 13.2 Å². The highest BCUT2D eigenvalue weighted by Gasteiger charge is 2.20. The van der Waals surface area contributed by atoms with Gasteiger partial charge in [-0.05, 0) is 83.5 Å². The maximum Gasteiger partial charge on any atom is 0.305 e. The molecule has 2 atom stereocenters. The summed E-state index contributed by atoms with van der Waals surface area (Å²) in [6.45, 7) is 4.93. The Morgan fingerprint density at radius 2 is 0.725 bits per heavy atom. The highest BCUT2D eigenvalue weighted by molar-refractivity contribution is 5.76. The van der Waals surface area contributed by atoms with Gasteiger partial charge in [0.15, 0.2) is 0 Å². The summed E-state index contributed by atoms with van der Waals surface area (Å²) in [6, 6.07) is -0.544. The van der Waals surface area contributed by atoms with Gasteiger partial charge >= 0.3 is 5.97 Å². The Morgan fingerprint density at radius 3 is 1.12 bits per heavy atom. The number of ether oxygens (including phenoxy) is 1. The van der Waals surface area contributed by atoms with Gasteiger partial charge in [-0.15, -0.1) is 0 Å². The van der Waals surface area contributed by atoms with Crippen molar-refractivity contribution in [1.82, 2.24) is 5.32 Å². The summed E-state index contributed by atoms with van der Waals surface area (Å²) in [5.74, 6) is -0.0370. The summed E-state index contributed by atoms with van der Waals surface area (Å²) < 4.78 is 5.49. The zero-order valence-electron chi connectivity index (χ0n) is 46.3. The molecule has 406 valence electrons. The summed E-state index contributed by atoms with van der Waals surface area (Å²) in [4.78, 5) is 24.5. The lowest BCUT2D eigenvalue weighted by Crippen LogP contribution is -2.45. The molecule has 0 saturated heterocycles. The molecule has 2 unspecified atom stereocenters. The van der Waals surface area contributed by atoms with E-state index in [1.807, 2.05) is 0 Å². The lowest BCUT2D eigenvalue weighted by atomic mass is 10.0. The Balaban J connectivity index is 3.40. The largest absolute Gasteiger partial charge is 0.466 e. The smallest absolute Gasteiger partial charge is 0.305 e. The zero-order valence-corrected chi connectivity index (χ0v) is 46.3. The number of unbranched alkanes of at least 4 members (excludes halogenated alkanes) is 40. The molecule has 0 aliphatic rings. The Morgan fingerprint density at radius 1 is 0.406 bits per heavy atom. The molecule has 0 heterocycles. The van der Waals surface area contributed by atoms with E-state index in [9.17, 15) is 19.8 Å². The zero-order chi connectivity index (χ0) is 50.0. The highest BCUT2D eigenvalue weighted by Crippen LogP contribution is 2.17. The van der Waals surface area contributed by atoms with Crippen LogP contribution in [-0.2, 0) is 14.3 Å². The van der Waals surface area contributed by atoms with Gasteiger partial charge < -0.3 is 20.3 Å². The molecule has 3 N–H and O–H groups in total. The van der Waals surface area contributed by atoms with E-state index in [1.54, 1.807) is 0 Å². The van der Waals surface area contributed by atoms with E-state index >= 15 is 0 Å². The number of carbonyl (C=O) groups is 2. The lowest BCUT2D eigenvalue weighted by molar-refractivity contribution is -0.143. The third-order valence-corrected chi connectivity index (χ3v) is 14.2. The Kier molecular flexibility index (Phi) is 57.0. The van der Waals surface area contributed by atoms with E-state index in [0.29, 0.717) is 25.9 Å². The average molecular weight is 971 g/mol. The summed E-state index contributed by atoms with van der Waals surface area (Å²) >= 11 is 0. The molecule has 0 aromatic heterocycles. The second kappa shape index (κ2) is 58.6. The fourth-order valence-corrected chi connectivity index (χ4v) is 9.43. The van der Waals surface area contributed by atoms with Crippen LogP contribution in [0.2, 0.25) is 0 Å². The Bertz CT molecular complexity index is 1120. The molecule has 0 spiro atoms. The van der Waals surface area contributed by atoms with Gasteiger partial charge in [0.2, 0.25) is 5.91 Å². The van der Waals surface area contributed by atoms with Crippen molar-refractivity contribution in [3.63, 3.8) is 0 Å². The molecule has 0 aromatic rings. The van der Waals surface area contributed by atoms with Crippen molar-refractivity contribution in [3.05, 3.63) is 36.5 Å². The van der Waals surface area contributed by atoms with Gasteiger partial charge in [-0.25, -0.2) is 0 Å². The van der Waals surface area contributed by atoms with Gasteiger partial charge in [-0.1, -0.05) is 269 Å². The van der Waals surface area contributed by atoms with Crippen molar-refractivity contribution < 1.29 is 24.5 Å². The van der Waals surface area contributed by atoms with E-state index in [2.05, 4.69) is 55.6 Å². The molecule has 69 heavy (non-hydrogen) atoms. The molecular formula is C63H119NO5. The molecule has 0 fully saturated rings. The minimum absolute atomic E-state index is 0.00557. The topological polar surface area (TPSA) is 95.9 Å². The second-order valence-electron chi connectivity index (χ2n) is 21.0. The second-order valence-corrected chi connectivity index (χ2v) is 21.0. The number of carbonyl (C=O) groups excluding carboxylic acids is 2. The monoisotopic (exact) mass is 970 g/mol. The van der Waals surface area contributed by atoms with Crippen LogP contribution in [0.1, 0.15) is 328 Å². The van der Waals surface area contributed by atoms with Crippen LogP contribution in [0.4, 0.5) is 0 Å². The molecule has 0 radical (unpaired) electrons. The van der Waals surface area contributed by atoms with Gasteiger partial charge in [-0.2, -0.15) is 0 Å². The molecule has 0 aliphatic heterocycles. The number of esters is 1. The molecule has 6 heteroatoms. The van der Waals surface area contributed by atoms with Gasteiger partial charge in [-0.3, -0.25) is 9.59 Å². The van der Waals surface area contributed by atoms with Crippen molar-refractivity contribution in [3.8, 4) is 0 Å². The maximum absolute atomic E-state index is 12.4. The first-order valence-electron chi connectivity index (χ1n) is 30.7. The van der Waals surface area contributed by atoms with E-state index < -0.39 is 12.1 Å². The van der Waals surface area contributed by atoms with E-state index in [4.69, 9.17) is 4.74 Å². The van der Waals surface area contributed by atoms with Crippen LogP contribution >= 0.6 is 0 Å². The molecule has 1 amide bonds. The van der Waals surface area contributed by atoms with Crippen LogP contribution in [0.25, 0.3) is 0 Å². The van der Waals surface area contributed by atoms with Crippen LogP contribution in [-0.4, -0.2) is 47.4 Å². The molecule has 0 rings (SSSR count). The number of aliphatic hydroxyl groups excluding tert-OH is 2. The molecule has 0 aromatic carbocycles. The molecule has 0 saturated carbocycles. The minimum atomic E-state index is -0.667. The predicted molar refractivity (Wildman–Crippen MR) is 301 cm³/mol. The average Bonchev–Trinajstić information content (AvgIpc) is 3.35. The number of amides is 1. The number of aliphatic hydroxyl groups is 2. The van der Waals surface area contributed by atoms with Gasteiger partial charge in [0.05, 0.1) is 25.4 Å². The van der Waals surface area contributed by atoms with Crippen molar-refractivity contribution in [2.45, 2.75) is 341 Å². The summed E-state index contributed by atoms with van der Waals surface area (Å²) in [5, 5.41) is 23.1. The lowest BCUT2D eigenvalue weighted by Gasteiger charge is -2.22. The SMILES string of the molecule is CCCCCCCC/C=C\CCCCCCCCCC(=O)OCCCCCCCCCCC/C=C\C/C=C\CCCCCCCCCCCC(=O)NC(CO)C(O)CCCCCCCCCCCC. The third kappa shape index (κ3) is 55.2. The summed E-state index contributed by atoms with van der Waals surface area (Å²) in [5.41, 5.74) is 0. The molecule has 6 nitrogen and oxygen atoms in total. The quantitative estimate of drug-likeness (QED) is 0.0321. The van der Waals surface area contributed by atoms with E-state index in [1.165, 1.54) is 244 Å². The maximum atomic E-state index is 12.4. The summed E-state index contributed by atoms with van der Waals surface area (Å²) in [6.07, 6.45) is 73.0. The van der Waals surface area contributed by atoms with Crippen LogP contribution in [0.3, 0.4) is 0 Å². The fourth-order valence-electron chi connectivity index (χ4n) is 9.43. The summed E-state index contributed by atoms with van der Waals surface area (Å²) in [7, 11) is 0. The van der Waals surface area contributed by atoms with Crippen molar-refractivity contribution >= 4 is 11.9 Å². The standard InChI is InChI=1S/C63H119NO5/c1-3-5-7-9-11-13-15-16-17-27-31-34-37-41-45-49-53-57-63(68)69-58-54-50-46-42-38-35-32-29-26-24-22-20-18-19-21-23-25-28-30-33-36-40-44-48-52-56-62(67)64-60(59-65)61(66)55-51-47-43-39-14-12-10-8-6-4-2/h16-17,19-22,60-61,65-66H,3-15,18,23-59H2,1-2H3,(H,64,67)/b17-16-,21-19-,22-20-. The van der Waals surface area contributed by atoms with Crippen molar-refractivity contribution in [1.29, 1.82) is 0 Å². The molecule has 0 bridgehead atoms. The number of hydrogen-bond acceptors (Lipinski definition) is 5. The number of rotatable bonds is 57. The first-order chi connectivity index (χ1) is 34.0. The predicted octanol–water partition coefficient (Wildman–Crippen LogP) is 19.2. The van der Waals surface area contributed by atoms with Crippen molar-refractivity contribution in [2.24, 2.45) is 0 Å². The van der Waals surface area contributed by atoms with Gasteiger partial charge in [0.1, 0.15) is 0 Å². The van der Waals surface area contributed by atoms with E-state index in [-0.39, 0.29) is 18.5 Å². The number of nitrogens with one attached hydrogen (secondary N) is 1. The Hall–Kier alpha value is -1.92. The van der Waals surface area contributed by atoms with E-state index in [0.717, 1.165) is 51.4 Å². The fraction of sp³-hybridized carbons (Fsp3) is 0.873. The first-order valence-corrected chi connectivity index (χ1v) is 30.7. The first kappa shape index (κ1) is 67.1. The van der Waals surface area contributed by atoms with Crippen LogP contribution in [0, 0.1) is 0 Å². The Labute approximate surface area is 430 Å². The van der Waals surface area contributed by atoms with Crippen LogP contribution < -0.4 is 5.32 Å². The molecular weight excluding hydrogens is 851 g/mol. The van der Waals surface area contributed by atoms with Crippen LogP contribution in [0.15, 0.2) is 36.5 Å². The van der Waals surface area contributed by atoms with Crippen LogP contribution in [0.5, 0.6) is 0 Å². The minimum Gasteiger partial charge on any atom is -0.466 e. The normalized spacial score (nSPS) is 12.8.